The first-order chi connectivity index (χ1) is 39.4. The number of anilines is 1. The van der Waals surface area contributed by atoms with Gasteiger partial charge in [-0.2, -0.15) is 0 Å². The molecule has 20 heteroatoms. The van der Waals surface area contributed by atoms with Crippen LogP contribution in [0.15, 0.2) is 72.8 Å². The number of aromatic amines is 1. The van der Waals surface area contributed by atoms with E-state index in [-0.39, 0.29) is 36.9 Å². The Morgan fingerprint density at radius 3 is 2.36 bits per heavy atom. The van der Waals surface area contributed by atoms with E-state index in [1.54, 1.807) is 19.2 Å². The van der Waals surface area contributed by atoms with Crippen molar-refractivity contribution >= 4 is 62.2 Å². The Morgan fingerprint density at radius 2 is 1.67 bits per heavy atom. The van der Waals surface area contributed by atoms with Gasteiger partial charge in [-0.25, -0.2) is 0 Å². The van der Waals surface area contributed by atoms with E-state index in [0.29, 0.717) is 101 Å². The number of aromatic nitrogens is 1. The number of carboxylic acids is 1. The zero-order chi connectivity index (χ0) is 59.7. The molecule has 18 nitrogen and oxygen atoms in total. The molecule has 3 aromatic carbocycles. The summed E-state index contributed by atoms with van der Waals surface area (Å²) in [5.74, 6) is -1.93. The van der Waals surface area contributed by atoms with E-state index >= 15 is 4.79 Å². The number of likely N-dealkylation sites (N-methyl/N-ethyl adjacent to an activating group) is 1. The summed E-state index contributed by atoms with van der Waals surface area (Å²) in [5.41, 5.74) is 4.86. The molecular weight excluding hydrogens is 1090 g/mol. The lowest BCUT2D eigenvalue weighted by atomic mass is 9.47. The number of esters is 1. The smallest absolute Gasteiger partial charge is 0.325 e. The number of fused-ring (bicyclic) bond motifs is 6. The van der Waals surface area contributed by atoms with Gasteiger partial charge in [-0.15, -0.1) is 0 Å². The third-order valence-corrected chi connectivity index (χ3v) is 27.7. The SMILES string of the molecule is CC[C@]1(O)CC2CN(CCc3c([nH]c4ccccc34)[C@@](C(=O)OC)(c3cc4c(cc3OC)N(C)[C@H]3[C@@](O)(CNC(=O)c5ccc([Si](C)(C)O[Si](C)(C)CC(NC(=O)CCCCCN)C(=O)O)cc5)[C@H](O)[C@]5(CC)C=CCN6CC[C@]43[C@H]65)C2)C1. The molecule has 6 aliphatic rings. The number of carbonyl (C=O) groups excluding carboxylic acids is 3. The molecule has 83 heavy (non-hydrogen) atoms. The Labute approximate surface area is 490 Å². The molecule has 1 aromatic heterocycles. The van der Waals surface area contributed by atoms with Crippen LogP contribution in [0.25, 0.3) is 10.9 Å². The summed E-state index contributed by atoms with van der Waals surface area (Å²) >= 11 is 0. The quantitative estimate of drug-likeness (QED) is 0.0239. The summed E-state index contributed by atoms with van der Waals surface area (Å²) in [4.78, 5) is 65.9. The van der Waals surface area contributed by atoms with E-state index in [0.717, 1.165) is 51.4 Å². The van der Waals surface area contributed by atoms with Gasteiger partial charge in [0.05, 0.1) is 38.5 Å². The average Bonchev–Trinajstić information content (AvgIpc) is 1.57. The largest absolute Gasteiger partial charge is 0.496 e. The van der Waals surface area contributed by atoms with Gasteiger partial charge in [0.1, 0.15) is 22.8 Å². The number of piperidine rings is 1. The highest BCUT2D eigenvalue weighted by Crippen LogP contribution is 2.67. The maximum atomic E-state index is 15.6. The van der Waals surface area contributed by atoms with Gasteiger partial charge >= 0.3 is 11.9 Å². The zero-order valence-electron chi connectivity index (χ0n) is 50.1. The van der Waals surface area contributed by atoms with Crippen LogP contribution in [0.1, 0.15) is 104 Å². The van der Waals surface area contributed by atoms with Crippen LogP contribution in [-0.4, -0.2) is 178 Å². The number of rotatable bonds is 20. The summed E-state index contributed by atoms with van der Waals surface area (Å²) in [6, 6.07) is 17.6. The van der Waals surface area contributed by atoms with Gasteiger partial charge in [0, 0.05) is 96.0 Å². The highest BCUT2D eigenvalue weighted by Gasteiger charge is 2.77. The minimum Gasteiger partial charge on any atom is -0.496 e. The third kappa shape index (κ3) is 10.3. The summed E-state index contributed by atoms with van der Waals surface area (Å²) < 4.78 is 19.4. The van der Waals surface area contributed by atoms with Gasteiger partial charge in [-0.05, 0) is 143 Å². The highest BCUT2D eigenvalue weighted by atomic mass is 28.4. The predicted octanol–water partition coefficient (Wildman–Crippen LogP) is 5.40. The number of nitrogens with one attached hydrogen (secondary N) is 3. The number of carbonyl (C=O) groups is 4. The van der Waals surface area contributed by atoms with Gasteiger partial charge in [0.15, 0.2) is 8.32 Å². The molecule has 2 amide bonds. The number of H-pyrrole nitrogens is 1. The van der Waals surface area contributed by atoms with E-state index in [9.17, 15) is 34.8 Å². The monoisotopic (exact) mass is 1180 g/mol. The van der Waals surface area contributed by atoms with Crippen molar-refractivity contribution in [1.29, 1.82) is 0 Å². The van der Waals surface area contributed by atoms with Gasteiger partial charge in [0.25, 0.3) is 5.91 Å². The standard InChI is InChI=1S/C63H89N7O11Si2/c1-10-59(77)34-40-35-62(58(76)80-5,52-44(25-30-69(36-40)39-59)43-18-14-15-19-47(43)67-52)46-32-45-49(33-50(46)79-4)68(3)56-61(45)27-31-70-29-17-26-60(11-2,55(61)70)57(75)63(56,78)38-65-53(72)41-21-23-42(24-22-41)83(8,9)81-82(6,7)37-48(54(73)74)66-51(71)20-13-12-16-28-64/h14-15,17-19,21-24,26,32-33,40,48,55-57,67,75,77-78H,10-13,16,20,25,27-31,34-39,64H2,1-9H3,(H,65,72)(H,66,71)(H,73,74)/t40?,48?,55-,56-,57-,59+,60-,61-,62+,63+/m1/s1. The van der Waals surface area contributed by atoms with Crippen molar-refractivity contribution in [2.24, 2.45) is 17.1 Å². The molecule has 0 radical (unpaired) electrons. The number of benzene rings is 3. The van der Waals surface area contributed by atoms with Gasteiger partial charge in [-0.3, -0.25) is 29.0 Å². The molecule has 9 N–H and O–H groups in total. The number of para-hydroxylation sites is 1. The molecule has 2 bridgehead atoms. The molecule has 4 aromatic rings. The summed E-state index contributed by atoms with van der Waals surface area (Å²) in [5, 5.41) is 57.1. The fourth-order valence-electron chi connectivity index (χ4n) is 16.8. The molecule has 3 fully saturated rings. The van der Waals surface area contributed by atoms with Crippen molar-refractivity contribution in [3.05, 3.63) is 101 Å². The van der Waals surface area contributed by atoms with Crippen LogP contribution in [0, 0.1) is 11.3 Å². The number of unbranched alkanes of at least 4 members (excludes halogenated alkanes) is 2. The summed E-state index contributed by atoms with van der Waals surface area (Å²) in [6.07, 6.45) is 8.47. The van der Waals surface area contributed by atoms with E-state index in [4.69, 9.17) is 19.3 Å². The van der Waals surface area contributed by atoms with Crippen molar-refractivity contribution in [2.75, 3.05) is 72.0 Å². The normalized spacial score (nSPS) is 30.5. The number of hydrogen-bond donors (Lipinski definition) is 8. The number of carboxylic acid groups (broad SMARTS) is 1. The number of aliphatic hydroxyl groups is 3. The number of ether oxygens (including phenoxy) is 2. The lowest BCUT2D eigenvalue weighted by Crippen LogP contribution is -2.80. The van der Waals surface area contributed by atoms with Crippen LogP contribution in [-0.2, 0) is 40.5 Å². The topological polar surface area (TPSA) is 252 Å². The molecule has 6 heterocycles. The number of nitrogens with two attached hydrogens (primary N) is 1. The number of aliphatic carboxylic acids is 1. The fourth-order valence-corrected chi connectivity index (χ4v) is 25.4. The summed E-state index contributed by atoms with van der Waals surface area (Å²) in [7, 11) is -0.398. The molecule has 5 aliphatic heterocycles. The third-order valence-electron chi connectivity index (χ3n) is 20.3. The van der Waals surface area contributed by atoms with E-state index in [2.05, 4.69) is 61.5 Å². The predicted molar refractivity (Wildman–Crippen MR) is 325 cm³/mol. The van der Waals surface area contributed by atoms with Crippen LogP contribution < -0.4 is 31.2 Å². The Balaban J connectivity index is 0.998. The van der Waals surface area contributed by atoms with Crippen molar-refractivity contribution < 1.29 is 53.2 Å². The van der Waals surface area contributed by atoms with Crippen LogP contribution in [0.3, 0.4) is 0 Å². The molecule has 2 saturated heterocycles. The molecule has 1 saturated carbocycles. The number of hydrogen-bond acceptors (Lipinski definition) is 14. The van der Waals surface area contributed by atoms with Gasteiger partial charge < -0.3 is 60.3 Å². The molecule has 11 atom stereocenters. The fraction of sp³-hybridized carbons (Fsp3) is 0.587. The number of methoxy groups -OCH3 is 2. The van der Waals surface area contributed by atoms with E-state index in [1.165, 1.54) is 7.11 Å². The molecule has 10 rings (SSSR count). The molecule has 1 aliphatic carbocycles. The molecule has 450 valence electrons. The number of nitrogens with zero attached hydrogens (tertiary/aromatic N) is 3. The molecular formula is C63H89N7O11Si2. The maximum Gasteiger partial charge on any atom is 0.325 e. The second kappa shape index (κ2) is 22.8. The average molecular weight is 1180 g/mol. The first kappa shape index (κ1) is 60.7. The van der Waals surface area contributed by atoms with Crippen LogP contribution in [0.4, 0.5) is 5.69 Å². The van der Waals surface area contributed by atoms with Crippen LogP contribution >= 0.6 is 0 Å². The van der Waals surface area contributed by atoms with E-state index < -0.39 is 80.1 Å². The minimum atomic E-state index is -2.71. The summed E-state index contributed by atoms with van der Waals surface area (Å²) in [6.45, 7) is 15.6. The first-order valence-electron chi connectivity index (χ1n) is 30.1. The minimum absolute atomic E-state index is 0.118. The first-order valence-corrected chi connectivity index (χ1v) is 36.2. The Kier molecular flexibility index (Phi) is 16.7. The lowest BCUT2D eigenvalue weighted by molar-refractivity contribution is -0.196. The maximum absolute atomic E-state index is 15.6. The Hall–Kier alpha value is -5.43. The number of amides is 2. The number of aliphatic hydroxyl groups excluding tert-OH is 1. The second-order valence-corrected chi connectivity index (χ2v) is 34.5. The Morgan fingerprint density at radius 1 is 0.928 bits per heavy atom. The van der Waals surface area contributed by atoms with Crippen LogP contribution in [0.5, 0.6) is 5.75 Å². The Bertz CT molecular complexity index is 3160. The van der Waals surface area contributed by atoms with Crippen molar-refractivity contribution in [2.45, 2.75) is 157 Å². The van der Waals surface area contributed by atoms with Crippen molar-refractivity contribution in [3.63, 3.8) is 0 Å². The van der Waals surface area contributed by atoms with Gasteiger partial charge in [0.2, 0.25) is 14.2 Å². The van der Waals surface area contributed by atoms with Crippen LogP contribution in [0.2, 0.25) is 32.2 Å². The van der Waals surface area contributed by atoms with E-state index in [1.807, 2.05) is 76.6 Å². The second-order valence-electron chi connectivity index (χ2n) is 26.2. The highest BCUT2D eigenvalue weighted by molar-refractivity contribution is 6.92. The van der Waals surface area contributed by atoms with Crippen molar-refractivity contribution in [1.82, 2.24) is 25.4 Å². The molecule has 3 unspecified atom stereocenters. The molecule has 1 spiro atoms. The zero-order valence-corrected chi connectivity index (χ0v) is 52.1. The van der Waals surface area contributed by atoms with Gasteiger partial charge in [-0.1, -0.05) is 62.8 Å². The van der Waals surface area contributed by atoms with Crippen molar-refractivity contribution in [3.8, 4) is 5.75 Å². The lowest BCUT2D eigenvalue weighted by Gasteiger charge is -2.64.